The van der Waals surface area contributed by atoms with Gasteiger partial charge in [-0.2, -0.15) is 5.10 Å². The molecule has 0 radical (unpaired) electrons. The Kier molecular flexibility index (Phi) is 4.56. The maximum absolute atomic E-state index is 4.66. The van der Waals surface area contributed by atoms with Crippen LogP contribution in [0.3, 0.4) is 0 Å². The molecule has 2 aromatic rings. The molecule has 0 atom stereocenters. The molecule has 0 saturated carbocycles. The molecule has 2 N–H and O–H groups in total. The average Bonchev–Trinajstić information content (AvgIpc) is 2.90. The molecule has 0 unspecified atom stereocenters. The van der Waals surface area contributed by atoms with Crippen LogP contribution in [0.25, 0.3) is 11.6 Å². The third-order valence-electron chi connectivity index (χ3n) is 2.73. The first kappa shape index (κ1) is 15.1. The Labute approximate surface area is 132 Å². The minimum absolute atomic E-state index is 0.0587. The van der Waals surface area contributed by atoms with Crippen molar-refractivity contribution in [2.45, 2.75) is 39.5 Å². The quantitative estimate of drug-likeness (QED) is 0.790. The molecule has 2 heterocycles. The Morgan fingerprint density at radius 1 is 1.30 bits per heavy atom. The first-order chi connectivity index (χ1) is 9.43. The highest BCUT2D eigenvalue weighted by Gasteiger charge is 2.24. The summed E-state index contributed by atoms with van der Waals surface area (Å²) in [6.45, 7) is 9.44. The predicted octanol–water partition coefficient (Wildman–Crippen LogP) is 2.99. The molecular formula is C13H19IN6. The van der Waals surface area contributed by atoms with Gasteiger partial charge in [0.1, 0.15) is 12.1 Å². The highest BCUT2D eigenvalue weighted by atomic mass is 127. The second-order valence-corrected chi connectivity index (χ2v) is 6.65. The SMILES string of the molecule is CCCNc1nc(-c2ncn[nH]2)nc(C(C)(C)C)c1I. The average molecular weight is 386 g/mol. The molecule has 108 valence electrons. The van der Waals surface area contributed by atoms with Gasteiger partial charge in [0.2, 0.25) is 0 Å². The number of anilines is 1. The zero-order valence-electron chi connectivity index (χ0n) is 12.2. The number of nitrogens with zero attached hydrogens (tertiary/aromatic N) is 4. The number of hydrogen-bond donors (Lipinski definition) is 2. The molecule has 20 heavy (non-hydrogen) atoms. The van der Waals surface area contributed by atoms with Gasteiger partial charge in [0.05, 0.1) is 9.26 Å². The van der Waals surface area contributed by atoms with Crippen LogP contribution in [0.1, 0.15) is 39.8 Å². The van der Waals surface area contributed by atoms with E-state index in [2.05, 4.69) is 80.8 Å². The van der Waals surface area contributed by atoms with Gasteiger partial charge in [0.15, 0.2) is 11.6 Å². The lowest BCUT2D eigenvalue weighted by molar-refractivity contribution is 0.563. The summed E-state index contributed by atoms with van der Waals surface area (Å²) in [7, 11) is 0. The highest BCUT2D eigenvalue weighted by Crippen LogP contribution is 2.30. The van der Waals surface area contributed by atoms with Crippen LogP contribution >= 0.6 is 22.6 Å². The lowest BCUT2D eigenvalue weighted by Crippen LogP contribution is -2.19. The largest absolute Gasteiger partial charge is 0.369 e. The van der Waals surface area contributed by atoms with Crippen molar-refractivity contribution in [3.05, 3.63) is 15.6 Å². The Morgan fingerprint density at radius 3 is 2.60 bits per heavy atom. The van der Waals surface area contributed by atoms with Crippen molar-refractivity contribution < 1.29 is 0 Å². The Balaban J connectivity index is 2.54. The maximum atomic E-state index is 4.66. The van der Waals surface area contributed by atoms with Crippen LogP contribution < -0.4 is 5.32 Å². The first-order valence-electron chi connectivity index (χ1n) is 6.61. The molecule has 0 fully saturated rings. The molecule has 0 aliphatic rings. The molecule has 0 amide bonds. The zero-order valence-corrected chi connectivity index (χ0v) is 14.3. The summed E-state index contributed by atoms with van der Waals surface area (Å²) in [5.74, 6) is 2.02. The van der Waals surface area contributed by atoms with Crippen molar-refractivity contribution in [3.63, 3.8) is 0 Å². The van der Waals surface area contributed by atoms with Gasteiger partial charge in [0, 0.05) is 12.0 Å². The van der Waals surface area contributed by atoms with E-state index in [1.807, 2.05) is 0 Å². The minimum Gasteiger partial charge on any atom is -0.369 e. The summed E-state index contributed by atoms with van der Waals surface area (Å²) >= 11 is 2.31. The van der Waals surface area contributed by atoms with Gasteiger partial charge in [-0.3, -0.25) is 5.10 Å². The van der Waals surface area contributed by atoms with Crippen molar-refractivity contribution in [2.24, 2.45) is 0 Å². The summed E-state index contributed by atoms with van der Waals surface area (Å²) in [5.41, 5.74) is 0.953. The Hall–Kier alpha value is -1.25. The van der Waals surface area contributed by atoms with Gasteiger partial charge in [-0.15, -0.1) is 0 Å². The van der Waals surface area contributed by atoms with Crippen molar-refractivity contribution in [2.75, 3.05) is 11.9 Å². The molecule has 0 bridgehead atoms. The van der Waals surface area contributed by atoms with Crippen LogP contribution in [0.15, 0.2) is 6.33 Å². The van der Waals surface area contributed by atoms with Crippen LogP contribution in [-0.2, 0) is 5.41 Å². The van der Waals surface area contributed by atoms with Gasteiger partial charge in [-0.1, -0.05) is 27.7 Å². The van der Waals surface area contributed by atoms with E-state index in [-0.39, 0.29) is 5.41 Å². The fourth-order valence-electron chi connectivity index (χ4n) is 1.72. The van der Waals surface area contributed by atoms with E-state index in [9.17, 15) is 0 Å². The molecule has 2 rings (SSSR count). The normalized spacial score (nSPS) is 11.7. The van der Waals surface area contributed by atoms with Crippen molar-refractivity contribution in [3.8, 4) is 11.6 Å². The molecule has 6 nitrogen and oxygen atoms in total. The maximum Gasteiger partial charge on any atom is 0.199 e. The number of aromatic nitrogens is 5. The molecule has 0 aliphatic heterocycles. The minimum atomic E-state index is -0.0587. The molecule has 2 aromatic heterocycles. The van der Waals surface area contributed by atoms with E-state index in [1.54, 1.807) is 0 Å². The van der Waals surface area contributed by atoms with Gasteiger partial charge in [0.25, 0.3) is 0 Å². The van der Waals surface area contributed by atoms with Crippen LogP contribution in [0.2, 0.25) is 0 Å². The lowest BCUT2D eigenvalue weighted by Gasteiger charge is -2.21. The topological polar surface area (TPSA) is 79.4 Å². The summed E-state index contributed by atoms with van der Waals surface area (Å²) in [6, 6.07) is 0. The lowest BCUT2D eigenvalue weighted by atomic mass is 9.92. The number of halogens is 1. The van der Waals surface area contributed by atoms with Gasteiger partial charge < -0.3 is 5.32 Å². The number of H-pyrrole nitrogens is 1. The summed E-state index contributed by atoms with van der Waals surface area (Å²) < 4.78 is 1.06. The predicted molar refractivity (Wildman–Crippen MR) is 87.6 cm³/mol. The Bertz CT molecular complexity index is 573. The van der Waals surface area contributed by atoms with Crippen molar-refractivity contribution in [1.82, 2.24) is 25.1 Å². The van der Waals surface area contributed by atoms with Crippen LogP contribution in [0.5, 0.6) is 0 Å². The number of nitrogens with one attached hydrogen (secondary N) is 2. The van der Waals surface area contributed by atoms with Gasteiger partial charge in [-0.05, 0) is 29.0 Å². The molecule has 0 saturated heterocycles. The van der Waals surface area contributed by atoms with Gasteiger partial charge in [-0.25, -0.2) is 15.0 Å². The van der Waals surface area contributed by atoms with Gasteiger partial charge >= 0.3 is 0 Å². The fourth-order valence-corrected chi connectivity index (χ4v) is 2.96. The van der Waals surface area contributed by atoms with Crippen molar-refractivity contribution >= 4 is 28.4 Å². The van der Waals surface area contributed by atoms with Crippen molar-refractivity contribution in [1.29, 1.82) is 0 Å². The number of aromatic amines is 1. The zero-order chi connectivity index (χ0) is 14.8. The molecule has 7 heteroatoms. The molecule has 0 aromatic carbocycles. The Morgan fingerprint density at radius 2 is 2.05 bits per heavy atom. The van der Waals surface area contributed by atoms with E-state index in [0.717, 1.165) is 28.0 Å². The van der Waals surface area contributed by atoms with Crippen LogP contribution in [0.4, 0.5) is 5.82 Å². The second-order valence-electron chi connectivity index (χ2n) is 5.57. The number of hydrogen-bond acceptors (Lipinski definition) is 5. The van der Waals surface area contributed by atoms with E-state index in [4.69, 9.17) is 0 Å². The summed E-state index contributed by atoms with van der Waals surface area (Å²) in [4.78, 5) is 13.4. The number of rotatable bonds is 4. The third-order valence-corrected chi connectivity index (χ3v) is 3.75. The smallest absolute Gasteiger partial charge is 0.199 e. The second kappa shape index (κ2) is 6.02. The van der Waals surface area contributed by atoms with E-state index in [1.165, 1.54) is 6.33 Å². The van der Waals surface area contributed by atoms with E-state index in [0.29, 0.717) is 11.6 Å². The van der Waals surface area contributed by atoms with E-state index >= 15 is 0 Å². The first-order valence-corrected chi connectivity index (χ1v) is 7.69. The molecular weight excluding hydrogens is 367 g/mol. The standard InChI is InChI=1S/C13H19IN6/c1-5-6-15-10-8(14)9(13(2,3)4)18-12(19-10)11-16-7-17-20-11/h7H,5-6H2,1-4H3,(H,15,18,19)(H,16,17,20). The highest BCUT2D eigenvalue weighted by molar-refractivity contribution is 14.1. The molecule has 0 spiro atoms. The fraction of sp³-hybridized carbons (Fsp3) is 0.538. The monoisotopic (exact) mass is 386 g/mol. The third kappa shape index (κ3) is 3.25. The summed E-state index contributed by atoms with van der Waals surface area (Å²) in [5, 5.41) is 10.0. The molecule has 0 aliphatic carbocycles. The summed E-state index contributed by atoms with van der Waals surface area (Å²) in [6.07, 6.45) is 2.51. The van der Waals surface area contributed by atoms with Crippen LogP contribution in [-0.4, -0.2) is 31.7 Å². The van der Waals surface area contributed by atoms with Crippen LogP contribution in [0, 0.1) is 3.57 Å². The van der Waals surface area contributed by atoms with E-state index < -0.39 is 0 Å².